The van der Waals surface area contributed by atoms with Crippen molar-refractivity contribution in [1.29, 1.82) is 0 Å². The van der Waals surface area contributed by atoms with E-state index in [1.54, 1.807) is 19.1 Å². The standard InChI is InChI=1S/C27H32O13/c1-2-36-25(35)16-12-38-26(40-27-24(34)23(33)22(32)18(10-28)39-27)20-14(9-17(30)21(16)20)11-37-19(31)8-5-13-3-6-15(29)7-4-13/h3-9,12,17-18,20-24,26-30,32-34H,2,10-11H2,1H3. The van der Waals surface area contributed by atoms with Crippen molar-refractivity contribution in [3.05, 3.63) is 59.4 Å². The summed E-state index contributed by atoms with van der Waals surface area (Å²) in [7, 11) is 0. The van der Waals surface area contributed by atoms with Crippen molar-refractivity contribution in [1.82, 2.24) is 0 Å². The van der Waals surface area contributed by atoms with Crippen molar-refractivity contribution in [2.24, 2.45) is 11.8 Å². The van der Waals surface area contributed by atoms with Crippen LogP contribution >= 0.6 is 0 Å². The maximum absolute atomic E-state index is 12.6. The molecule has 1 saturated heterocycles. The smallest absolute Gasteiger partial charge is 0.337 e. The number of esters is 2. The molecule has 0 spiro atoms. The zero-order valence-corrected chi connectivity index (χ0v) is 21.5. The van der Waals surface area contributed by atoms with Crippen LogP contribution in [0.2, 0.25) is 0 Å². The molecule has 0 amide bonds. The highest BCUT2D eigenvalue weighted by Crippen LogP contribution is 2.45. The Morgan fingerprint density at radius 3 is 2.38 bits per heavy atom. The molecule has 0 radical (unpaired) electrons. The number of carbonyl (C=O) groups is 2. The van der Waals surface area contributed by atoms with Gasteiger partial charge in [0.1, 0.15) is 36.8 Å². The molecule has 0 aromatic heterocycles. The first kappa shape index (κ1) is 29.7. The zero-order chi connectivity index (χ0) is 29.0. The number of aliphatic hydroxyl groups is 5. The Kier molecular flexibility index (Phi) is 9.58. The molecule has 6 N–H and O–H groups in total. The lowest BCUT2D eigenvalue weighted by molar-refractivity contribution is -0.340. The number of aliphatic hydroxyl groups excluding tert-OH is 5. The zero-order valence-electron chi connectivity index (χ0n) is 21.5. The molecule has 13 nitrogen and oxygen atoms in total. The Labute approximate surface area is 229 Å². The molecular weight excluding hydrogens is 532 g/mol. The molecule has 218 valence electrons. The predicted molar refractivity (Wildman–Crippen MR) is 134 cm³/mol. The van der Waals surface area contributed by atoms with Crippen LogP contribution < -0.4 is 0 Å². The minimum atomic E-state index is -1.73. The maximum Gasteiger partial charge on any atom is 0.337 e. The molecule has 1 fully saturated rings. The van der Waals surface area contributed by atoms with Crippen LogP contribution in [-0.2, 0) is 33.3 Å². The van der Waals surface area contributed by atoms with Crippen LogP contribution in [0, 0.1) is 11.8 Å². The first-order valence-corrected chi connectivity index (χ1v) is 12.7. The molecule has 2 aliphatic heterocycles. The van der Waals surface area contributed by atoms with E-state index in [0.29, 0.717) is 11.1 Å². The lowest BCUT2D eigenvalue weighted by Gasteiger charge is -2.43. The minimum absolute atomic E-state index is 0.0119. The van der Waals surface area contributed by atoms with Crippen LogP contribution in [0.15, 0.2) is 53.8 Å². The largest absolute Gasteiger partial charge is 0.508 e. The van der Waals surface area contributed by atoms with Gasteiger partial charge in [0, 0.05) is 12.0 Å². The maximum atomic E-state index is 12.6. The van der Waals surface area contributed by atoms with Crippen molar-refractivity contribution in [2.45, 2.75) is 50.0 Å². The number of fused-ring (bicyclic) bond motifs is 1. The van der Waals surface area contributed by atoms with E-state index in [1.165, 1.54) is 30.4 Å². The first-order chi connectivity index (χ1) is 19.1. The number of rotatable bonds is 9. The summed E-state index contributed by atoms with van der Waals surface area (Å²) in [5.41, 5.74) is 0.995. The number of carbonyl (C=O) groups excluding carboxylic acids is 2. The SMILES string of the molecule is CCOC(=O)C1=COC(OC2OC(CO)C(O)C(O)C2O)C2C(COC(=O)C=Cc3ccc(O)cc3)=CC(O)C12. The average Bonchev–Trinajstić information content (AvgIpc) is 3.28. The third-order valence-corrected chi connectivity index (χ3v) is 6.86. The van der Waals surface area contributed by atoms with Crippen LogP contribution in [0.4, 0.5) is 0 Å². The molecule has 13 heteroatoms. The Balaban J connectivity index is 1.52. The van der Waals surface area contributed by atoms with E-state index < -0.39 is 73.5 Å². The van der Waals surface area contributed by atoms with Gasteiger partial charge in [-0.15, -0.1) is 0 Å². The lowest BCUT2D eigenvalue weighted by Crippen LogP contribution is -2.60. The van der Waals surface area contributed by atoms with Gasteiger partial charge in [0.15, 0.2) is 6.29 Å². The second-order valence-corrected chi connectivity index (χ2v) is 9.45. The Morgan fingerprint density at radius 1 is 0.975 bits per heavy atom. The van der Waals surface area contributed by atoms with Crippen LogP contribution in [0.3, 0.4) is 0 Å². The summed E-state index contributed by atoms with van der Waals surface area (Å²) in [6.45, 7) is 0.696. The van der Waals surface area contributed by atoms with Gasteiger partial charge in [-0.1, -0.05) is 18.2 Å². The van der Waals surface area contributed by atoms with Crippen LogP contribution in [0.25, 0.3) is 6.08 Å². The fraction of sp³-hybridized carbons (Fsp3) is 0.481. The highest BCUT2D eigenvalue weighted by molar-refractivity contribution is 5.89. The van der Waals surface area contributed by atoms with Gasteiger partial charge in [0.05, 0.1) is 37.1 Å². The van der Waals surface area contributed by atoms with E-state index in [1.807, 2.05) is 0 Å². The fourth-order valence-electron chi connectivity index (χ4n) is 4.83. The van der Waals surface area contributed by atoms with Gasteiger partial charge in [0.2, 0.25) is 6.29 Å². The number of hydrogen-bond acceptors (Lipinski definition) is 13. The fourth-order valence-corrected chi connectivity index (χ4v) is 4.83. The van der Waals surface area contributed by atoms with Gasteiger partial charge in [0.25, 0.3) is 0 Å². The number of phenolic OH excluding ortho intramolecular Hbond substituents is 1. The summed E-state index contributed by atoms with van der Waals surface area (Å²) in [5.74, 6) is -3.21. The molecule has 2 heterocycles. The molecule has 4 rings (SSSR count). The van der Waals surface area contributed by atoms with Crippen molar-refractivity contribution in [3.63, 3.8) is 0 Å². The van der Waals surface area contributed by atoms with E-state index >= 15 is 0 Å². The molecule has 9 atom stereocenters. The lowest BCUT2D eigenvalue weighted by atomic mass is 9.82. The number of aromatic hydroxyl groups is 1. The van der Waals surface area contributed by atoms with Gasteiger partial charge >= 0.3 is 11.9 Å². The number of benzene rings is 1. The molecule has 0 bridgehead atoms. The third-order valence-electron chi connectivity index (χ3n) is 6.86. The van der Waals surface area contributed by atoms with Gasteiger partial charge in [-0.3, -0.25) is 0 Å². The second kappa shape index (κ2) is 12.9. The van der Waals surface area contributed by atoms with E-state index in [0.717, 1.165) is 6.26 Å². The molecule has 9 unspecified atom stereocenters. The van der Waals surface area contributed by atoms with Gasteiger partial charge < -0.3 is 54.3 Å². The second-order valence-electron chi connectivity index (χ2n) is 9.45. The molecule has 3 aliphatic rings. The van der Waals surface area contributed by atoms with Crippen LogP contribution in [0.5, 0.6) is 5.75 Å². The Morgan fingerprint density at radius 2 is 1.70 bits per heavy atom. The third kappa shape index (κ3) is 6.36. The summed E-state index contributed by atoms with van der Waals surface area (Å²) in [6.07, 6.45) is -5.22. The highest BCUT2D eigenvalue weighted by Gasteiger charge is 2.52. The van der Waals surface area contributed by atoms with E-state index in [-0.39, 0.29) is 24.5 Å². The number of phenols is 1. The molecule has 40 heavy (non-hydrogen) atoms. The summed E-state index contributed by atoms with van der Waals surface area (Å²) >= 11 is 0. The number of hydrogen-bond donors (Lipinski definition) is 6. The Hall–Kier alpha value is -3.30. The van der Waals surface area contributed by atoms with Gasteiger partial charge in [-0.05, 0) is 36.3 Å². The van der Waals surface area contributed by atoms with Crippen LogP contribution in [-0.4, -0.2) is 105 Å². The first-order valence-electron chi connectivity index (χ1n) is 12.7. The number of ether oxygens (including phenoxy) is 5. The van der Waals surface area contributed by atoms with Crippen molar-refractivity contribution < 1.29 is 63.9 Å². The average molecular weight is 565 g/mol. The molecule has 0 saturated carbocycles. The van der Waals surface area contributed by atoms with E-state index in [2.05, 4.69) is 0 Å². The Bertz CT molecular complexity index is 1140. The normalized spacial score (nSPS) is 33.5. The monoisotopic (exact) mass is 564 g/mol. The van der Waals surface area contributed by atoms with Gasteiger partial charge in [-0.25, -0.2) is 9.59 Å². The molecule has 1 aliphatic carbocycles. The molecule has 1 aromatic carbocycles. The topological polar surface area (TPSA) is 202 Å². The summed E-state index contributed by atoms with van der Waals surface area (Å²) in [4.78, 5) is 25.0. The summed E-state index contributed by atoms with van der Waals surface area (Å²) < 4.78 is 27.3. The summed E-state index contributed by atoms with van der Waals surface area (Å²) in [6, 6.07) is 6.12. The van der Waals surface area contributed by atoms with Crippen molar-refractivity contribution in [2.75, 3.05) is 19.8 Å². The molecule has 1 aromatic rings. The van der Waals surface area contributed by atoms with E-state index in [9.17, 15) is 40.2 Å². The van der Waals surface area contributed by atoms with E-state index in [4.69, 9.17) is 23.7 Å². The minimum Gasteiger partial charge on any atom is -0.508 e. The highest BCUT2D eigenvalue weighted by atomic mass is 16.8. The van der Waals surface area contributed by atoms with Crippen molar-refractivity contribution in [3.8, 4) is 5.75 Å². The van der Waals surface area contributed by atoms with Gasteiger partial charge in [-0.2, -0.15) is 0 Å². The predicted octanol–water partition coefficient (Wildman–Crippen LogP) is -0.898. The summed E-state index contributed by atoms with van der Waals surface area (Å²) in [5, 5.41) is 60.3. The van der Waals surface area contributed by atoms with Crippen LogP contribution in [0.1, 0.15) is 12.5 Å². The van der Waals surface area contributed by atoms with Crippen molar-refractivity contribution >= 4 is 18.0 Å². The quantitative estimate of drug-likeness (QED) is 0.123. The molecular formula is C27H32O13.